The number of phenols is 2. The van der Waals surface area contributed by atoms with Gasteiger partial charge in [0.15, 0.2) is 11.3 Å². The molecular weight excluding hydrogens is 284 g/mol. The van der Waals surface area contributed by atoms with Gasteiger partial charge in [-0.1, -0.05) is 0 Å². The van der Waals surface area contributed by atoms with Crippen molar-refractivity contribution in [2.24, 2.45) is 0 Å². The number of carbonyl (C=O) groups is 1. The van der Waals surface area contributed by atoms with Gasteiger partial charge in [-0.2, -0.15) is 0 Å². The van der Waals surface area contributed by atoms with Crippen LogP contribution in [0.5, 0.6) is 11.5 Å². The second-order valence-corrected chi connectivity index (χ2v) is 4.79. The molecule has 0 atom stereocenters. The van der Waals surface area contributed by atoms with Crippen molar-refractivity contribution < 1.29 is 24.5 Å². The Morgan fingerprint density at radius 1 is 1.05 bits per heavy atom. The van der Waals surface area contributed by atoms with Crippen molar-refractivity contribution in [3.8, 4) is 22.8 Å². The third kappa shape index (κ3) is 2.64. The van der Waals surface area contributed by atoms with E-state index in [9.17, 15) is 15.0 Å². The Morgan fingerprint density at radius 2 is 1.77 bits per heavy atom. The molecule has 0 bridgehead atoms. The SMILES string of the molecule is O=C(O)/C=C/c1cc(O)c2oc(-c3ccc(O)cc3)cc2c1. The lowest BCUT2D eigenvalue weighted by Crippen LogP contribution is -1.85. The molecule has 0 spiro atoms. The van der Waals surface area contributed by atoms with Gasteiger partial charge in [-0.05, 0) is 54.1 Å². The van der Waals surface area contributed by atoms with Crippen LogP contribution < -0.4 is 0 Å². The van der Waals surface area contributed by atoms with Gasteiger partial charge < -0.3 is 19.7 Å². The number of rotatable bonds is 3. The van der Waals surface area contributed by atoms with Crippen molar-refractivity contribution in [2.45, 2.75) is 0 Å². The fraction of sp³-hybridized carbons (Fsp3) is 0. The molecule has 1 heterocycles. The van der Waals surface area contributed by atoms with Gasteiger partial charge in [0.2, 0.25) is 0 Å². The quantitative estimate of drug-likeness (QED) is 0.642. The number of hydrogen-bond donors (Lipinski definition) is 3. The maximum absolute atomic E-state index is 10.5. The first-order valence-corrected chi connectivity index (χ1v) is 6.50. The highest BCUT2D eigenvalue weighted by molar-refractivity contribution is 5.91. The molecule has 0 aliphatic heterocycles. The number of fused-ring (bicyclic) bond motifs is 1. The Labute approximate surface area is 125 Å². The standard InChI is InChI=1S/C17H12O5/c18-13-4-2-11(3-5-13)15-9-12-7-10(1-6-16(20)21)8-14(19)17(12)22-15/h1-9,18-19H,(H,20,21)/b6-1+. The maximum atomic E-state index is 10.5. The average molecular weight is 296 g/mol. The Hall–Kier alpha value is -3.21. The number of aromatic hydroxyl groups is 2. The molecule has 0 saturated carbocycles. The van der Waals surface area contributed by atoms with Gasteiger partial charge in [-0.3, -0.25) is 0 Å². The summed E-state index contributed by atoms with van der Waals surface area (Å²) in [6.07, 6.45) is 2.40. The van der Waals surface area contributed by atoms with Crippen LogP contribution in [0.4, 0.5) is 0 Å². The van der Waals surface area contributed by atoms with Crippen LogP contribution in [0.15, 0.2) is 53.0 Å². The molecule has 110 valence electrons. The van der Waals surface area contributed by atoms with E-state index in [0.717, 1.165) is 11.6 Å². The minimum atomic E-state index is -1.06. The zero-order chi connectivity index (χ0) is 15.7. The summed E-state index contributed by atoms with van der Waals surface area (Å²) in [7, 11) is 0. The topological polar surface area (TPSA) is 90.9 Å². The summed E-state index contributed by atoms with van der Waals surface area (Å²) in [5.74, 6) is -0.419. The molecule has 0 radical (unpaired) electrons. The van der Waals surface area contributed by atoms with Crippen LogP contribution in [0.1, 0.15) is 5.56 Å². The zero-order valence-corrected chi connectivity index (χ0v) is 11.4. The molecule has 3 N–H and O–H groups in total. The van der Waals surface area contributed by atoms with Crippen LogP contribution in [0, 0.1) is 0 Å². The molecule has 22 heavy (non-hydrogen) atoms. The summed E-state index contributed by atoms with van der Waals surface area (Å²) >= 11 is 0. The molecule has 5 nitrogen and oxygen atoms in total. The van der Waals surface area contributed by atoms with Crippen LogP contribution in [0.2, 0.25) is 0 Å². The predicted molar refractivity (Wildman–Crippen MR) is 81.6 cm³/mol. The van der Waals surface area contributed by atoms with Crippen LogP contribution in [0.25, 0.3) is 28.4 Å². The van der Waals surface area contributed by atoms with Gasteiger partial charge >= 0.3 is 5.97 Å². The van der Waals surface area contributed by atoms with E-state index in [1.807, 2.05) is 0 Å². The fourth-order valence-corrected chi connectivity index (χ4v) is 2.19. The number of carboxylic acids is 1. The number of furan rings is 1. The largest absolute Gasteiger partial charge is 0.508 e. The van der Waals surface area contributed by atoms with Crippen molar-refractivity contribution in [1.82, 2.24) is 0 Å². The summed E-state index contributed by atoms with van der Waals surface area (Å²) in [6, 6.07) is 11.4. The average Bonchev–Trinajstić information content (AvgIpc) is 2.90. The zero-order valence-electron chi connectivity index (χ0n) is 11.4. The Balaban J connectivity index is 2.07. The molecule has 0 unspecified atom stereocenters. The fourth-order valence-electron chi connectivity index (χ4n) is 2.19. The molecule has 3 rings (SSSR count). The highest BCUT2D eigenvalue weighted by Gasteiger charge is 2.11. The third-order valence-corrected chi connectivity index (χ3v) is 3.19. The molecule has 3 aromatic rings. The molecule has 0 saturated heterocycles. The monoisotopic (exact) mass is 296 g/mol. The second-order valence-electron chi connectivity index (χ2n) is 4.79. The van der Waals surface area contributed by atoms with E-state index in [2.05, 4.69) is 0 Å². The van der Waals surface area contributed by atoms with E-state index >= 15 is 0 Å². The number of hydrogen-bond acceptors (Lipinski definition) is 4. The van der Waals surface area contributed by atoms with Gasteiger partial charge in [0.25, 0.3) is 0 Å². The summed E-state index contributed by atoms with van der Waals surface area (Å²) in [4.78, 5) is 10.5. The maximum Gasteiger partial charge on any atom is 0.328 e. The van der Waals surface area contributed by atoms with E-state index in [-0.39, 0.29) is 11.5 Å². The number of carboxylic acid groups (broad SMARTS) is 1. The van der Waals surface area contributed by atoms with Crippen LogP contribution in [-0.4, -0.2) is 21.3 Å². The van der Waals surface area contributed by atoms with Crippen LogP contribution in [0.3, 0.4) is 0 Å². The van der Waals surface area contributed by atoms with Gasteiger partial charge in [0.05, 0.1) is 0 Å². The molecule has 0 aliphatic rings. The summed E-state index contributed by atoms with van der Waals surface area (Å²) < 4.78 is 5.63. The Bertz CT molecular complexity index is 872. The summed E-state index contributed by atoms with van der Waals surface area (Å²) in [6.45, 7) is 0. The normalized spacial score (nSPS) is 11.3. The lowest BCUT2D eigenvalue weighted by atomic mass is 10.1. The second kappa shape index (κ2) is 5.29. The smallest absolute Gasteiger partial charge is 0.328 e. The van der Waals surface area contributed by atoms with Gasteiger partial charge in [-0.15, -0.1) is 0 Å². The molecule has 0 fully saturated rings. The highest BCUT2D eigenvalue weighted by Crippen LogP contribution is 2.34. The lowest BCUT2D eigenvalue weighted by Gasteiger charge is -1.97. The Kier molecular flexibility index (Phi) is 3.31. The van der Waals surface area contributed by atoms with Crippen molar-refractivity contribution >= 4 is 23.0 Å². The van der Waals surface area contributed by atoms with Crippen molar-refractivity contribution in [3.63, 3.8) is 0 Å². The van der Waals surface area contributed by atoms with E-state index < -0.39 is 5.97 Å². The predicted octanol–water partition coefficient (Wildman–Crippen LogP) is 3.61. The van der Waals surface area contributed by atoms with Gasteiger partial charge in [-0.25, -0.2) is 4.79 Å². The molecule has 0 aliphatic carbocycles. The molecular formula is C17H12O5. The van der Waals surface area contributed by atoms with Gasteiger partial charge in [0.1, 0.15) is 11.5 Å². The van der Waals surface area contributed by atoms with Crippen molar-refractivity contribution in [1.29, 1.82) is 0 Å². The van der Waals surface area contributed by atoms with Crippen molar-refractivity contribution in [2.75, 3.05) is 0 Å². The minimum absolute atomic E-state index is 0.0624. The minimum Gasteiger partial charge on any atom is -0.508 e. The van der Waals surface area contributed by atoms with E-state index in [0.29, 0.717) is 22.3 Å². The molecule has 1 aromatic heterocycles. The van der Waals surface area contributed by atoms with Crippen LogP contribution >= 0.6 is 0 Å². The first kappa shape index (κ1) is 13.8. The molecule has 2 aromatic carbocycles. The van der Waals surface area contributed by atoms with Crippen molar-refractivity contribution in [3.05, 3.63) is 54.1 Å². The number of aliphatic carboxylic acids is 1. The number of benzene rings is 2. The van der Waals surface area contributed by atoms with E-state index in [1.54, 1.807) is 36.4 Å². The first-order chi connectivity index (χ1) is 10.5. The number of phenolic OH excluding ortho intramolecular Hbond substituents is 2. The van der Waals surface area contributed by atoms with E-state index in [4.69, 9.17) is 9.52 Å². The van der Waals surface area contributed by atoms with Gasteiger partial charge in [0, 0.05) is 17.0 Å². The lowest BCUT2D eigenvalue weighted by molar-refractivity contribution is -0.131. The highest BCUT2D eigenvalue weighted by atomic mass is 16.4. The third-order valence-electron chi connectivity index (χ3n) is 3.19. The Morgan fingerprint density at radius 3 is 2.45 bits per heavy atom. The summed E-state index contributed by atoms with van der Waals surface area (Å²) in [5.41, 5.74) is 1.65. The van der Waals surface area contributed by atoms with Crippen LogP contribution in [-0.2, 0) is 4.79 Å². The first-order valence-electron chi connectivity index (χ1n) is 6.50. The van der Waals surface area contributed by atoms with E-state index in [1.165, 1.54) is 12.1 Å². The molecule has 0 amide bonds. The molecule has 5 heteroatoms. The summed E-state index contributed by atoms with van der Waals surface area (Å²) in [5, 5.41) is 28.6.